The van der Waals surface area contributed by atoms with Crippen LogP contribution in [0.25, 0.3) is 10.9 Å². The van der Waals surface area contributed by atoms with Crippen LogP contribution < -0.4 is 5.73 Å². The van der Waals surface area contributed by atoms with Crippen LogP contribution in [0.4, 0.5) is 13.2 Å². The number of aromatic amines is 1. The Labute approximate surface area is 134 Å². The third-order valence-electron chi connectivity index (χ3n) is 3.42. The third-order valence-corrected chi connectivity index (χ3v) is 3.42. The van der Waals surface area contributed by atoms with E-state index in [1.54, 1.807) is 17.3 Å². The zero-order chi connectivity index (χ0) is 17.9. The van der Waals surface area contributed by atoms with Gasteiger partial charge in [-0.3, -0.25) is 9.78 Å². The number of nitrogens with two attached hydrogens (primary N) is 1. The molecule has 0 aliphatic carbocycles. The van der Waals surface area contributed by atoms with Crippen LogP contribution in [0.5, 0.6) is 0 Å². The van der Waals surface area contributed by atoms with Gasteiger partial charge in [-0.2, -0.15) is 13.2 Å². The van der Waals surface area contributed by atoms with Crippen molar-refractivity contribution in [3.63, 3.8) is 0 Å². The van der Waals surface area contributed by atoms with E-state index in [2.05, 4.69) is 9.97 Å². The summed E-state index contributed by atoms with van der Waals surface area (Å²) >= 11 is 0. The van der Waals surface area contributed by atoms with Crippen LogP contribution in [0.3, 0.4) is 0 Å². The molecule has 2 aromatic rings. The van der Waals surface area contributed by atoms with Crippen molar-refractivity contribution < 1.29 is 27.9 Å². The number of aromatic nitrogens is 2. The molecule has 7 nitrogen and oxygen atoms in total. The topological polar surface area (TPSA) is 112 Å². The lowest BCUT2D eigenvalue weighted by Crippen LogP contribution is -2.33. The molecular formula is C14H15F3N4O3. The molecule has 1 saturated heterocycles. The Hall–Kier alpha value is -2.62. The average Bonchev–Trinajstić information content (AvgIpc) is 3.05. The van der Waals surface area contributed by atoms with Gasteiger partial charge in [-0.15, -0.1) is 0 Å². The van der Waals surface area contributed by atoms with Crippen LogP contribution in [0.2, 0.25) is 0 Å². The van der Waals surface area contributed by atoms with E-state index < -0.39 is 12.1 Å². The molecule has 1 amide bonds. The van der Waals surface area contributed by atoms with Crippen LogP contribution in [-0.2, 0) is 16.1 Å². The fourth-order valence-corrected chi connectivity index (χ4v) is 2.24. The number of rotatable bonds is 2. The van der Waals surface area contributed by atoms with E-state index in [0.29, 0.717) is 6.54 Å². The van der Waals surface area contributed by atoms with Crippen LogP contribution >= 0.6 is 0 Å². The second kappa shape index (κ2) is 6.87. The lowest BCUT2D eigenvalue weighted by molar-refractivity contribution is -0.192. The van der Waals surface area contributed by atoms with Gasteiger partial charge in [0.05, 0.1) is 24.3 Å². The number of likely N-dealkylation sites (tertiary alicyclic amines) is 1. The van der Waals surface area contributed by atoms with Gasteiger partial charge in [0.1, 0.15) is 0 Å². The number of alkyl halides is 3. The second-order valence-corrected chi connectivity index (χ2v) is 5.22. The molecule has 2 aromatic heterocycles. The first-order chi connectivity index (χ1) is 11.2. The molecule has 1 aliphatic rings. The Balaban J connectivity index is 0.000000256. The van der Waals surface area contributed by atoms with Crippen molar-refractivity contribution in [2.75, 3.05) is 6.54 Å². The summed E-state index contributed by atoms with van der Waals surface area (Å²) in [6.07, 6.45) is -0.784. The van der Waals surface area contributed by atoms with Crippen molar-refractivity contribution in [2.24, 2.45) is 5.73 Å². The lowest BCUT2D eigenvalue weighted by atomic mass is 10.3. The number of pyridine rings is 1. The Kier molecular flexibility index (Phi) is 5.07. The first-order valence-corrected chi connectivity index (χ1v) is 6.94. The van der Waals surface area contributed by atoms with Crippen LogP contribution in [0.15, 0.2) is 24.5 Å². The maximum absolute atomic E-state index is 11.7. The van der Waals surface area contributed by atoms with Crippen molar-refractivity contribution in [2.45, 2.75) is 25.2 Å². The van der Waals surface area contributed by atoms with Crippen LogP contribution in [0, 0.1) is 0 Å². The summed E-state index contributed by atoms with van der Waals surface area (Å²) in [5, 5.41) is 8.24. The minimum absolute atomic E-state index is 0.0433. The minimum atomic E-state index is -5.08. The number of fused-ring (bicyclic) bond motifs is 1. The monoisotopic (exact) mass is 344 g/mol. The number of halogens is 3. The van der Waals surface area contributed by atoms with Crippen molar-refractivity contribution in [1.82, 2.24) is 14.9 Å². The molecule has 24 heavy (non-hydrogen) atoms. The molecule has 130 valence electrons. The van der Waals surface area contributed by atoms with Gasteiger partial charge in [0, 0.05) is 23.8 Å². The number of nitrogens with zero attached hydrogens (tertiary/aromatic N) is 2. The number of carbonyl (C=O) groups is 2. The Morgan fingerprint density at radius 1 is 1.50 bits per heavy atom. The normalized spacial score (nSPS) is 17.8. The highest BCUT2D eigenvalue weighted by atomic mass is 19.4. The van der Waals surface area contributed by atoms with Crippen LogP contribution in [-0.4, -0.2) is 50.6 Å². The second-order valence-electron chi connectivity index (χ2n) is 5.22. The summed E-state index contributed by atoms with van der Waals surface area (Å²) < 4.78 is 31.7. The van der Waals surface area contributed by atoms with Crippen molar-refractivity contribution in [3.8, 4) is 0 Å². The van der Waals surface area contributed by atoms with E-state index in [1.807, 2.05) is 12.1 Å². The van der Waals surface area contributed by atoms with Gasteiger partial charge < -0.3 is 20.7 Å². The molecular weight excluding hydrogens is 329 g/mol. The van der Waals surface area contributed by atoms with Crippen LogP contribution in [0.1, 0.15) is 12.1 Å². The lowest BCUT2D eigenvalue weighted by Gasteiger charge is -2.14. The number of hydrogen-bond acceptors (Lipinski definition) is 4. The molecule has 1 fully saturated rings. The van der Waals surface area contributed by atoms with Gasteiger partial charge in [0.25, 0.3) is 0 Å². The number of H-pyrrole nitrogens is 1. The van der Waals surface area contributed by atoms with E-state index in [-0.39, 0.29) is 11.9 Å². The highest BCUT2D eigenvalue weighted by Crippen LogP contribution is 2.17. The molecule has 10 heteroatoms. The Bertz CT molecular complexity index is 711. The number of carboxylic acids is 1. The fraction of sp³-hybridized carbons (Fsp3) is 0.357. The summed E-state index contributed by atoms with van der Waals surface area (Å²) in [6, 6.07) is 3.68. The molecule has 1 aliphatic heterocycles. The maximum Gasteiger partial charge on any atom is 0.490 e. The van der Waals surface area contributed by atoms with Crippen molar-refractivity contribution in [3.05, 3.63) is 30.2 Å². The zero-order valence-corrected chi connectivity index (χ0v) is 12.4. The Morgan fingerprint density at radius 3 is 2.67 bits per heavy atom. The number of carboxylic acid groups (broad SMARTS) is 1. The maximum atomic E-state index is 11.7. The standard InChI is InChI=1S/C12H14N4O.C2HF3O2/c13-10-2-4-16(12(10)17)7-9-5-8-1-3-14-6-11(8)15-9;3-2(4,5)1(6)7/h1,3,5-6,10,15H,2,4,7,13H2;(H,6,7)/t10-;/m0./s1. The molecule has 4 N–H and O–H groups in total. The van der Waals surface area contributed by atoms with Gasteiger partial charge in [0.15, 0.2) is 0 Å². The predicted octanol–water partition coefficient (Wildman–Crippen LogP) is 1.26. The Morgan fingerprint density at radius 2 is 2.17 bits per heavy atom. The molecule has 3 heterocycles. The number of hydrogen-bond donors (Lipinski definition) is 3. The molecule has 0 saturated carbocycles. The van der Waals surface area contributed by atoms with E-state index in [1.165, 1.54) is 0 Å². The number of carbonyl (C=O) groups excluding carboxylic acids is 1. The summed E-state index contributed by atoms with van der Waals surface area (Å²) in [7, 11) is 0. The summed E-state index contributed by atoms with van der Waals surface area (Å²) in [5.41, 5.74) is 7.71. The van der Waals surface area contributed by atoms with E-state index in [4.69, 9.17) is 15.6 Å². The molecule has 3 rings (SSSR count). The molecule has 0 bridgehead atoms. The number of amides is 1. The van der Waals surface area contributed by atoms with Gasteiger partial charge in [-0.1, -0.05) is 0 Å². The number of nitrogens with one attached hydrogen (secondary N) is 1. The quantitative estimate of drug-likeness (QED) is 0.759. The van der Waals surface area contributed by atoms with Crippen molar-refractivity contribution >= 4 is 22.8 Å². The van der Waals surface area contributed by atoms with E-state index in [9.17, 15) is 18.0 Å². The average molecular weight is 344 g/mol. The first-order valence-electron chi connectivity index (χ1n) is 6.94. The molecule has 0 unspecified atom stereocenters. The van der Waals surface area contributed by atoms with Gasteiger partial charge in [-0.05, 0) is 18.6 Å². The summed E-state index contributed by atoms with van der Waals surface area (Å²) in [5.74, 6) is -2.71. The molecule has 0 radical (unpaired) electrons. The van der Waals surface area contributed by atoms with E-state index >= 15 is 0 Å². The summed E-state index contributed by atoms with van der Waals surface area (Å²) in [6.45, 7) is 1.34. The highest BCUT2D eigenvalue weighted by molar-refractivity contribution is 5.84. The largest absolute Gasteiger partial charge is 0.490 e. The van der Waals surface area contributed by atoms with Gasteiger partial charge in [-0.25, -0.2) is 4.79 Å². The molecule has 0 aromatic carbocycles. The molecule has 0 spiro atoms. The fourth-order valence-electron chi connectivity index (χ4n) is 2.24. The van der Waals surface area contributed by atoms with Gasteiger partial charge >= 0.3 is 12.1 Å². The smallest absolute Gasteiger partial charge is 0.475 e. The van der Waals surface area contributed by atoms with Gasteiger partial charge in [0.2, 0.25) is 5.91 Å². The van der Waals surface area contributed by atoms with Crippen molar-refractivity contribution in [1.29, 1.82) is 0 Å². The SMILES string of the molecule is N[C@H]1CCN(Cc2cc3ccncc3[nH]2)C1=O.O=C(O)C(F)(F)F. The molecule has 1 atom stereocenters. The summed E-state index contributed by atoms with van der Waals surface area (Å²) in [4.78, 5) is 29.7. The highest BCUT2D eigenvalue weighted by Gasteiger charge is 2.38. The minimum Gasteiger partial charge on any atom is -0.475 e. The van der Waals surface area contributed by atoms with E-state index in [0.717, 1.165) is 29.6 Å². The first kappa shape index (κ1) is 17.7. The number of aliphatic carboxylic acids is 1. The zero-order valence-electron chi connectivity index (χ0n) is 12.4. The predicted molar refractivity (Wildman–Crippen MR) is 77.8 cm³/mol. The third kappa shape index (κ3) is 4.22.